The second-order valence-corrected chi connectivity index (χ2v) is 6.11. The van der Waals surface area contributed by atoms with Gasteiger partial charge in [0.15, 0.2) is 17.8 Å². The minimum atomic E-state index is -1.14. The number of esters is 1. The fourth-order valence-corrected chi connectivity index (χ4v) is 2.28. The van der Waals surface area contributed by atoms with Gasteiger partial charge < -0.3 is 29.9 Å². The molecule has 1 aromatic carbocycles. The van der Waals surface area contributed by atoms with Crippen LogP contribution in [0.5, 0.6) is 11.5 Å². The summed E-state index contributed by atoms with van der Waals surface area (Å²) in [4.78, 5) is 26.1. The maximum absolute atomic E-state index is 12.0. The zero-order valence-electron chi connectivity index (χ0n) is 17.0. The third-order valence-corrected chi connectivity index (χ3v) is 3.78. The minimum Gasteiger partial charge on any atom is -0.493 e. The van der Waals surface area contributed by atoms with E-state index >= 15 is 0 Å². The summed E-state index contributed by atoms with van der Waals surface area (Å²) in [6.07, 6.45) is 4.17. The van der Waals surface area contributed by atoms with E-state index in [0.717, 1.165) is 6.42 Å². The monoisotopic (exact) mass is 448 g/mol. The molecular weight excluding hydrogens is 420 g/mol. The van der Waals surface area contributed by atoms with Crippen LogP contribution in [0.4, 0.5) is 0 Å². The molecule has 3 N–H and O–H groups in total. The first-order valence-corrected chi connectivity index (χ1v) is 9.27. The van der Waals surface area contributed by atoms with Crippen molar-refractivity contribution in [2.24, 2.45) is 5.73 Å². The van der Waals surface area contributed by atoms with Crippen LogP contribution in [0.3, 0.4) is 0 Å². The Morgan fingerprint density at radius 3 is 2.63 bits per heavy atom. The van der Waals surface area contributed by atoms with Gasteiger partial charge in [0.1, 0.15) is 6.04 Å². The van der Waals surface area contributed by atoms with Crippen LogP contribution < -0.4 is 15.2 Å². The molecule has 0 saturated heterocycles. The Bertz CT molecular complexity index is 686. The number of nitrogens with zero attached hydrogens (tertiary/aromatic N) is 1. The van der Waals surface area contributed by atoms with Crippen molar-refractivity contribution < 1.29 is 34.0 Å². The average molecular weight is 449 g/mol. The summed E-state index contributed by atoms with van der Waals surface area (Å²) >= 11 is 0. The van der Waals surface area contributed by atoms with E-state index in [1.165, 1.54) is 13.2 Å². The maximum atomic E-state index is 12.0. The molecule has 170 valence electrons. The molecule has 0 aliphatic heterocycles. The van der Waals surface area contributed by atoms with Crippen molar-refractivity contribution in [1.82, 2.24) is 0 Å². The van der Waals surface area contributed by atoms with Crippen LogP contribution in [0.15, 0.2) is 24.3 Å². The highest BCUT2D eigenvalue weighted by atomic mass is 35.5. The number of nitrogens with two attached hydrogens (primary N) is 1. The van der Waals surface area contributed by atoms with E-state index in [2.05, 4.69) is 4.84 Å². The SMILES string of the molecule is CCCC(N)C(=O)Oc1ccc(/C=C/C(O)OCCCCO[N+](=O)[O-])cc1OC.Cl. The van der Waals surface area contributed by atoms with Crippen molar-refractivity contribution in [3.05, 3.63) is 40.0 Å². The standard InChI is InChI=1S/C19H28N2O8.ClH/c1-3-6-15(20)19(23)29-16-9-7-14(13-17(16)26-2)8-10-18(22)27-11-4-5-12-28-21(24)25;/h7-10,13,15,18,22H,3-6,11-12,20H2,1-2H3;1H/b10-8+;. The largest absolute Gasteiger partial charge is 0.493 e. The first-order valence-electron chi connectivity index (χ1n) is 9.27. The summed E-state index contributed by atoms with van der Waals surface area (Å²) in [6.45, 7) is 2.14. The van der Waals surface area contributed by atoms with E-state index in [0.29, 0.717) is 30.6 Å². The number of aliphatic hydroxyl groups excluding tert-OH is 1. The van der Waals surface area contributed by atoms with E-state index in [4.69, 9.17) is 19.9 Å². The van der Waals surface area contributed by atoms with Crippen molar-refractivity contribution in [2.75, 3.05) is 20.3 Å². The highest BCUT2D eigenvalue weighted by molar-refractivity contribution is 5.85. The molecule has 0 aliphatic carbocycles. The molecule has 0 radical (unpaired) electrons. The van der Waals surface area contributed by atoms with Gasteiger partial charge in [0.25, 0.3) is 5.09 Å². The summed E-state index contributed by atoms with van der Waals surface area (Å²) in [5.74, 6) is 0.0845. The number of ether oxygens (including phenoxy) is 3. The lowest BCUT2D eigenvalue weighted by molar-refractivity contribution is -0.757. The Kier molecular flexibility index (Phi) is 14.2. The van der Waals surface area contributed by atoms with Crippen molar-refractivity contribution >= 4 is 24.5 Å². The molecule has 2 atom stereocenters. The van der Waals surface area contributed by atoms with Crippen LogP contribution >= 0.6 is 12.4 Å². The topological polar surface area (TPSA) is 143 Å². The molecule has 1 rings (SSSR count). The molecule has 0 aromatic heterocycles. The van der Waals surface area contributed by atoms with Crippen molar-refractivity contribution in [3.63, 3.8) is 0 Å². The third-order valence-electron chi connectivity index (χ3n) is 3.78. The van der Waals surface area contributed by atoms with Gasteiger partial charge in [0, 0.05) is 0 Å². The van der Waals surface area contributed by atoms with Gasteiger partial charge in [-0.25, -0.2) is 4.79 Å². The lowest BCUT2D eigenvalue weighted by Crippen LogP contribution is -2.34. The fraction of sp³-hybridized carbons (Fsp3) is 0.526. The molecule has 11 heteroatoms. The van der Waals surface area contributed by atoms with E-state index in [1.54, 1.807) is 24.3 Å². The summed E-state index contributed by atoms with van der Waals surface area (Å²) in [5, 5.41) is 19.0. The fourth-order valence-electron chi connectivity index (χ4n) is 2.28. The number of benzene rings is 1. The van der Waals surface area contributed by atoms with Gasteiger partial charge in [-0.3, -0.25) is 0 Å². The van der Waals surface area contributed by atoms with Crippen LogP contribution in [0.2, 0.25) is 0 Å². The Balaban J connectivity index is 0.00000841. The summed E-state index contributed by atoms with van der Waals surface area (Å²) in [5.41, 5.74) is 6.45. The predicted molar refractivity (Wildman–Crippen MR) is 112 cm³/mol. The zero-order valence-corrected chi connectivity index (χ0v) is 17.8. The number of hydrogen-bond acceptors (Lipinski definition) is 9. The normalized spacial score (nSPS) is 12.7. The molecule has 0 amide bonds. The average Bonchev–Trinajstić information content (AvgIpc) is 2.69. The number of hydrogen-bond donors (Lipinski definition) is 2. The Morgan fingerprint density at radius 2 is 2.00 bits per heavy atom. The van der Waals surface area contributed by atoms with E-state index in [9.17, 15) is 20.0 Å². The minimum absolute atomic E-state index is 0. The molecule has 0 saturated carbocycles. The Labute approximate surface area is 181 Å². The molecule has 0 fully saturated rings. The van der Waals surface area contributed by atoms with Gasteiger partial charge in [0.05, 0.1) is 20.3 Å². The second-order valence-electron chi connectivity index (χ2n) is 6.11. The van der Waals surface area contributed by atoms with Gasteiger partial charge in [0.2, 0.25) is 0 Å². The van der Waals surface area contributed by atoms with E-state index in [1.807, 2.05) is 6.92 Å². The number of rotatable bonds is 14. The van der Waals surface area contributed by atoms with Crippen LogP contribution in [0.1, 0.15) is 38.2 Å². The Morgan fingerprint density at radius 1 is 1.30 bits per heavy atom. The first-order chi connectivity index (χ1) is 13.9. The van der Waals surface area contributed by atoms with Gasteiger partial charge in [-0.05, 0) is 43.0 Å². The second kappa shape index (κ2) is 15.4. The molecule has 30 heavy (non-hydrogen) atoms. The highest BCUT2D eigenvalue weighted by Crippen LogP contribution is 2.29. The predicted octanol–water partition coefficient (Wildman–Crippen LogP) is 2.49. The van der Waals surface area contributed by atoms with Gasteiger partial charge >= 0.3 is 5.97 Å². The number of carbonyl (C=O) groups is 1. The van der Waals surface area contributed by atoms with Crippen molar-refractivity contribution in [1.29, 1.82) is 0 Å². The number of methoxy groups -OCH3 is 1. The number of unbranched alkanes of at least 4 members (excludes halogenated alkanes) is 1. The summed E-state index contributed by atoms with van der Waals surface area (Å²) < 4.78 is 15.7. The van der Waals surface area contributed by atoms with E-state index in [-0.39, 0.29) is 31.4 Å². The first kappa shape index (κ1) is 27.6. The summed E-state index contributed by atoms with van der Waals surface area (Å²) in [7, 11) is 1.45. The van der Waals surface area contributed by atoms with Gasteiger partial charge in [-0.2, -0.15) is 0 Å². The number of aliphatic hydroxyl groups is 1. The van der Waals surface area contributed by atoms with Crippen molar-refractivity contribution in [2.45, 2.75) is 44.9 Å². The maximum Gasteiger partial charge on any atom is 0.328 e. The number of halogens is 1. The molecule has 0 spiro atoms. The van der Waals surface area contributed by atoms with Gasteiger partial charge in [-0.1, -0.05) is 25.5 Å². The van der Waals surface area contributed by atoms with Crippen LogP contribution in [0.25, 0.3) is 6.08 Å². The third kappa shape index (κ3) is 11.0. The van der Waals surface area contributed by atoms with Crippen molar-refractivity contribution in [3.8, 4) is 11.5 Å². The summed E-state index contributed by atoms with van der Waals surface area (Å²) in [6, 6.07) is 4.22. The molecule has 0 aliphatic rings. The van der Waals surface area contributed by atoms with Crippen LogP contribution in [-0.4, -0.2) is 48.8 Å². The lowest BCUT2D eigenvalue weighted by atomic mass is 10.1. The molecule has 0 bridgehead atoms. The van der Waals surface area contributed by atoms with Gasteiger partial charge in [-0.15, -0.1) is 22.5 Å². The smallest absolute Gasteiger partial charge is 0.328 e. The zero-order chi connectivity index (χ0) is 21.6. The van der Waals surface area contributed by atoms with Crippen LogP contribution in [-0.2, 0) is 14.4 Å². The molecule has 2 unspecified atom stereocenters. The Hall–Kier alpha value is -2.40. The molecule has 0 heterocycles. The quantitative estimate of drug-likeness (QED) is 0.109. The molecule has 1 aromatic rings. The lowest BCUT2D eigenvalue weighted by Gasteiger charge is -2.13. The molecular formula is C19H29ClN2O8. The highest BCUT2D eigenvalue weighted by Gasteiger charge is 2.17. The van der Waals surface area contributed by atoms with Crippen LogP contribution in [0, 0.1) is 10.1 Å². The molecule has 10 nitrogen and oxygen atoms in total. The van der Waals surface area contributed by atoms with E-state index < -0.39 is 23.4 Å². The number of carbonyl (C=O) groups excluding carboxylic acids is 1.